The molecule has 0 aliphatic carbocycles. The lowest BCUT2D eigenvalue weighted by Crippen LogP contribution is -2.39. The second-order valence-electron chi connectivity index (χ2n) is 5.16. The van der Waals surface area contributed by atoms with Gasteiger partial charge in [0.05, 0.1) is 10.7 Å². The van der Waals surface area contributed by atoms with Gasteiger partial charge < -0.3 is 5.32 Å². The quantitative estimate of drug-likeness (QED) is 0.842. The van der Waals surface area contributed by atoms with Gasteiger partial charge in [-0.2, -0.15) is 4.57 Å². The number of hydrogen-bond acceptors (Lipinski definition) is 1. The van der Waals surface area contributed by atoms with Gasteiger partial charge in [0, 0.05) is 12.1 Å². The zero-order valence-electron chi connectivity index (χ0n) is 12.4. The van der Waals surface area contributed by atoms with Gasteiger partial charge in [-0.15, -0.1) is 0 Å². The Hall–Kier alpha value is -1.87. The molecule has 2 aromatic rings. The lowest BCUT2D eigenvalue weighted by molar-refractivity contribution is -0.684. The third-order valence-electron chi connectivity index (χ3n) is 3.22. The van der Waals surface area contributed by atoms with E-state index in [-0.39, 0.29) is 12.5 Å². The third-order valence-corrected chi connectivity index (χ3v) is 3.54. The Balaban J connectivity index is 1.98. The molecule has 0 saturated carbocycles. The molecule has 0 bridgehead atoms. The van der Waals surface area contributed by atoms with E-state index >= 15 is 0 Å². The first-order chi connectivity index (χ1) is 10.1. The van der Waals surface area contributed by atoms with Crippen molar-refractivity contribution >= 4 is 23.2 Å². The highest BCUT2D eigenvalue weighted by Crippen LogP contribution is 2.22. The summed E-state index contributed by atoms with van der Waals surface area (Å²) in [6, 6.07) is 9.69. The minimum Gasteiger partial charge on any atom is -0.319 e. The first kappa shape index (κ1) is 15.5. The van der Waals surface area contributed by atoms with Crippen molar-refractivity contribution in [2.75, 3.05) is 5.32 Å². The highest BCUT2D eigenvalue weighted by molar-refractivity contribution is 6.33. The van der Waals surface area contributed by atoms with E-state index in [1.54, 1.807) is 0 Å². The smallest absolute Gasteiger partial charge is 0.290 e. The molecule has 0 spiro atoms. The minimum absolute atomic E-state index is 0.0889. The van der Waals surface area contributed by atoms with E-state index in [9.17, 15) is 4.79 Å². The summed E-state index contributed by atoms with van der Waals surface area (Å²) >= 11 is 6.11. The zero-order valence-corrected chi connectivity index (χ0v) is 13.2. The van der Waals surface area contributed by atoms with Gasteiger partial charge in [-0.3, -0.25) is 4.79 Å². The predicted octanol–water partition coefficient (Wildman–Crippen LogP) is 3.53. The molecule has 4 heteroatoms. The summed E-state index contributed by atoms with van der Waals surface area (Å²) in [5.41, 5.74) is 3.00. The molecule has 110 valence electrons. The monoisotopic (exact) mass is 303 g/mol. The molecule has 1 N–H and O–H groups in total. The molecule has 1 aromatic heterocycles. The standard InChI is InChI=1S/C17H19ClN2O/c1-3-4-14-7-9-20(10-8-14)12-17(21)19-16-6-5-13(2)11-15(16)18/h5-11H,3-4,12H2,1-2H3/p+1. The van der Waals surface area contributed by atoms with Gasteiger partial charge in [-0.1, -0.05) is 31.0 Å². The van der Waals surface area contributed by atoms with Gasteiger partial charge in [-0.05, 0) is 36.6 Å². The second kappa shape index (κ2) is 7.23. The molecular weight excluding hydrogens is 284 g/mol. The number of pyridine rings is 1. The van der Waals surface area contributed by atoms with Gasteiger partial charge >= 0.3 is 0 Å². The van der Waals surface area contributed by atoms with Gasteiger partial charge in [0.2, 0.25) is 6.54 Å². The van der Waals surface area contributed by atoms with Crippen molar-refractivity contribution < 1.29 is 9.36 Å². The number of anilines is 1. The predicted molar refractivity (Wildman–Crippen MR) is 85.5 cm³/mol. The van der Waals surface area contributed by atoms with Crippen LogP contribution in [0.15, 0.2) is 42.7 Å². The van der Waals surface area contributed by atoms with E-state index < -0.39 is 0 Å². The molecule has 0 unspecified atom stereocenters. The summed E-state index contributed by atoms with van der Waals surface area (Å²) in [7, 11) is 0. The Bertz CT molecular complexity index is 623. The maximum atomic E-state index is 12.0. The van der Waals surface area contributed by atoms with Crippen LogP contribution in [0.3, 0.4) is 0 Å². The Labute approximate surface area is 130 Å². The Kier molecular flexibility index (Phi) is 5.34. The lowest BCUT2D eigenvalue weighted by Gasteiger charge is -2.06. The van der Waals surface area contributed by atoms with Crippen molar-refractivity contribution in [1.82, 2.24) is 0 Å². The maximum absolute atomic E-state index is 12.0. The summed E-state index contributed by atoms with van der Waals surface area (Å²) < 4.78 is 1.86. The number of halogens is 1. The van der Waals surface area contributed by atoms with Crippen molar-refractivity contribution in [3.8, 4) is 0 Å². The van der Waals surface area contributed by atoms with Gasteiger partial charge in [-0.25, -0.2) is 0 Å². The number of amides is 1. The van der Waals surface area contributed by atoms with Crippen molar-refractivity contribution in [2.45, 2.75) is 33.2 Å². The maximum Gasteiger partial charge on any atom is 0.290 e. The molecule has 1 amide bonds. The van der Waals surface area contributed by atoms with Crippen LogP contribution in [0, 0.1) is 6.92 Å². The van der Waals surface area contributed by atoms with Crippen LogP contribution >= 0.6 is 11.6 Å². The van der Waals surface area contributed by atoms with Crippen molar-refractivity contribution in [1.29, 1.82) is 0 Å². The molecular formula is C17H20ClN2O+. The largest absolute Gasteiger partial charge is 0.319 e. The molecule has 1 aromatic carbocycles. The fourth-order valence-corrected chi connectivity index (χ4v) is 2.41. The average molecular weight is 304 g/mol. The van der Waals surface area contributed by atoms with E-state index in [1.165, 1.54) is 5.56 Å². The zero-order chi connectivity index (χ0) is 15.2. The van der Waals surface area contributed by atoms with Gasteiger partial charge in [0.1, 0.15) is 0 Å². The fourth-order valence-electron chi connectivity index (χ4n) is 2.13. The third kappa shape index (κ3) is 4.57. The summed E-state index contributed by atoms with van der Waals surface area (Å²) in [6.45, 7) is 4.39. The van der Waals surface area contributed by atoms with Crippen LogP contribution in [0.25, 0.3) is 0 Å². The number of carbonyl (C=O) groups is 1. The molecule has 0 atom stereocenters. The van der Waals surface area contributed by atoms with Gasteiger partial charge in [0.15, 0.2) is 12.4 Å². The molecule has 2 rings (SSSR count). The summed E-state index contributed by atoms with van der Waals surface area (Å²) in [5, 5.41) is 3.40. The van der Waals surface area contributed by atoms with Gasteiger partial charge in [0.25, 0.3) is 5.91 Å². The Morgan fingerprint density at radius 3 is 2.57 bits per heavy atom. The number of carbonyl (C=O) groups excluding carboxylic acids is 1. The average Bonchev–Trinajstić information content (AvgIpc) is 2.44. The Morgan fingerprint density at radius 1 is 1.24 bits per heavy atom. The molecule has 0 saturated heterocycles. The van der Waals surface area contributed by atoms with Crippen LogP contribution in [0.4, 0.5) is 5.69 Å². The van der Waals surface area contributed by atoms with E-state index in [4.69, 9.17) is 11.6 Å². The fraction of sp³-hybridized carbons (Fsp3) is 0.294. The van der Waals surface area contributed by atoms with Crippen LogP contribution in [0.1, 0.15) is 24.5 Å². The van der Waals surface area contributed by atoms with Crippen molar-refractivity contribution in [3.63, 3.8) is 0 Å². The topological polar surface area (TPSA) is 33.0 Å². The normalized spacial score (nSPS) is 10.4. The van der Waals surface area contributed by atoms with Crippen LogP contribution in [-0.2, 0) is 17.8 Å². The highest BCUT2D eigenvalue weighted by atomic mass is 35.5. The first-order valence-electron chi connectivity index (χ1n) is 7.12. The number of aromatic nitrogens is 1. The Morgan fingerprint density at radius 2 is 1.95 bits per heavy atom. The minimum atomic E-state index is -0.0889. The SMILES string of the molecule is CCCc1cc[n+](CC(=O)Nc2ccc(C)cc2Cl)cc1. The number of rotatable bonds is 5. The number of hydrogen-bond donors (Lipinski definition) is 1. The number of nitrogens with one attached hydrogen (secondary N) is 1. The lowest BCUT2D eigenvalue weighted by atomic mass is 10.1. The van der Waals surface area contributed by atoms with E-state index in [0.29, 0.717) is 10.7 Å². The van der Waals surface area contributed by atoms with Crippen LogP contribution < -0.4 is 9.88 Å². The molecule has 3 nitrogen and oxygen atoms in total. The number of nitrogens with zero attached hydrogens (tertiary/aromatic N) is 1. The summed E-state index contributed by atoms with van der Waals surface area (Å²) in [4.78, 5) is 12.0. The number of benzene rings is 1. The van der Waals surface area contributed by atoms with E-state index in [0.717, 1.165) is 18.4 Å². The number of aryl methyl sites for hydroxylation is 2. The molecule has 1 heterocycles. The second-order valence-corrected chi connectivity index (χ2v) is 5.57. The molecule has 21 heavy (non-hydrogen) atoms. The first-order valence-corrected chi connectivity index (χ1v) is 7.50. The molecule has 0 radical (unpaired) electrons. The van der Waals surface area contributed by atoms with Crippen LogP contribution in [-0.4, -0.2) is 5.91 Å². The van der Waals surface area contributed by atoms with Crippen LogP contribution in [0.2, 0.25) is 5.02 Å². The summed E-state index contributed by atoms with van der Waals surface area (Å²) in [6.07, 6.45) is 6.05. The van der Waals surface area contributed by atoms with E-state index in [1.807, 2.05) is 42.1 Å². The summed E-state index contributed by atoms with van der Waals surface area (Å²) in [5.74, 6) is -0.0889. The molecule has 0 fully saturated rings. The van der Waals surface area contributed by atoms with Crippen LogP contribution in [0.5, 0.6) is 0 Å². The molecule has 0 aliphatic rings. The highest BCUT2D eigenvalue weighted by Gasteiger charge is 2.11. The molecule has 0 aliphatic heterocycles. The van der Waals surface area contributed by atoms with Crippen molar-refractivity contribution in [3.05, 3.63) is 58.9 Å². The van der Waals surface area contributed by atoms with Crippen molar-refractivity contribution in [2.24, 2.45) is 0 Å². The van der Waals surface area contributed by atoms with E-state index in [2.05, 4.69) is 24.4 Å².